The van der Waals surface area contributed by atoms with E-state index < -0.39 is 5.97 Å². The zero-order valence-corrected chi connectivity index (χ0v) is 18.6. The molecule has 3 aromatic rings. The minimum atomic E-state index is -0.723. The van der Waals surface area contributed by atoms with Crippen LogP contribution in [0.4, 0.5) is 4.39 Å². The van der Waals surface area contributed by atoms with E-state index in [1.807, 2.05) is 18.2 Å². The van der Waals surface area contributed by atoms with Crippen LogP contribution in [0.2, 0.25) is 0 Å². The van der Waals surface area contributed by atoms with Gasteiger partial charge in [-0.3, -0.25) is 14.8 Å². The number of carboxylic acid groups (broad SMARTS) is 1. The van der Waals surface area contributed by atoms with E-state index >= 15 is 0 Å². The van der Waals surface area contributed by atoms with Crippen LogP contribution < -0.4 is 4.74 Å². The first-order valence-electron chi connectivity index (χ1n) is 9.39. The summed E-state index contributed by atoms with van der Waals surface area (Å²) in [5.41, 5.74) is 2.73. The van der Waals surface area contributed by atoms with Crippen molar-refractivity contribution in [1.29, 1.82) is 0 Å². The quantitative estimate of drug-likeness (QED) is 0.653. The normalized spacial score (nSPS) is 18.8. The van der Waals surface area contributed by atoms with Gasteiger partial charge in [0.1, 0.15) is 17.3 Å². The fraction of sp³-hybridized carbons (Fsp3) is 0.318. The molecule has 1 aromatic carbocycles. The number of pyridine rings is 2. The number of ether oxygens (including phenoxy) is 1. The average molecular weight is 403 g/mol. The summed E-state index contributed by atoms with van der Waals surface area (Å²) in [4.78, 5) is 20.6. The second-order valence-corrected chi connectivity index (χ2v) is 7.20. The molecule has 1 saturated carbocycles. The maximum atomic E-state index is 14.0. The number of aromatic nitrogens is 2. The van der Waals surface area contributed by atoms with Crippen LogP contribution in [0.25, 0.3) is 22.2 Å². The summed E-state index contributed by atoms with van der Waals surface area (Å²) in [6.07, 6.45) is 4.53. The van der Waals surface area contributed by atoms with Crippen LogP contribution in [0.15, 0.2) is 42.6 Å². The van der Waals surface area contributed by atoms with E-state index in [-0.39, 0.29) is 47.2 Å². The van der Waals surface area contributed by atoms with E-state index in [9.17, 15) is 14.3 Å². The Balaban J connectivity index is 0.00000240. The fourth-order valence-corrected chi connectivity index (χ4v) is 4.00. The summed E-state index contributed by atoms with van der Waals surface area (Å²) in [5, 5.41) is 10.2. The van der Waals surface area contributed by atoms with Gasteiger partial charge >= 0.3 is 5.97 Å². The average Bonchev–Trinajstić information content (AvgIpc) is 2.73. The first-order chi connectivity index (χ1) is 13.6. The first-order valence-corrected chi connectivity index (χ1v) is 9.39. The zero-order chi connectivity index (χ0) is 19.7. The molecule has 7 heteroatoms. The predicted molar refractivity (Wildman–Crippen MR) is 110 cm³/mol. The minimum Gasteiger partial charge on any atom is -0.496 e. The van der Waals surface area contributed by atoms with E-state index in [1.165, 1.54) is 12.1 Å². The van der Waals surface area contributed by atoms with Gasteiger partial charge in [0.15, 0.2) is 0 Å². The van der Waals surface area contributed by atoms with Crippen LogP contribution in [0.5, 0.6) is 5.75 Å². The number of fused-ring (bicyclic) bond motifs is 1. The number of halogens is 1. The molecule has 1 aliphatic rings. The van der Waals surface area contributed by atoms with Crippen molar-refractivity contribution in [3.63, 3.8) is 0 Å². The SMILES string of the molecule is COc1ccc(F)cc1-c1nc(C2CCC(C(=O)O)CC2)cc2cccnc12.[Na]. The molecule has 0 spiro atoms. The number of methoxy groups -OCH3 is 1. The summed E-state index contributed by atoms with van der Waals surface area (Å²) in [6.45, 7) is 0. The van der Waals surface area contributed by atoms with Crippen LogP contribution in [-0.2, 0) is 4.79 Å². The Kier molecular flexibility index (Phi) is 6.88. The number of nitrogens with zero attached hydrogens (tertiary/aromatic N) is 2. The molecule has 0 atom stereocenters. The molecular weight excluding hydrogens is 382 g/mol. The predicted octanol–water partition coefficient (Wildman–Crippen LogP) is 4.42. The molecule has 2 heterocycles. The minimum absolute atomic E-state index is 0. The van der Waals surface area contributed by atoms with E-state index in [0.29, 0.717) is 35.4 Å². The molecule has 1 aliphatic carbocycles. The first kappa shape index (κ1) is 21.7. The van der Waals surface area contributed by atoms with E-state index in [1.54, 1.807) is 19.4 Å². The van der Waals surface area contributed by atoms with Gasteiger partial charge in [-0.15, -0.1) is 0 Å². The molecule has 1 radical (unpaired) electrons. The van der Waals surface area contributed by atoms with Crippen molar-refractivity contribution in [2.24, 2.45) is 5.92 Å². The van der Waals surface area contributed by atoms with Crippen molar-refractivity contribution in [3.05, 3.63) is 54.1 Å². The summed E-state index contributed by atoms with van der Waals surface area (Å²) in [5.74, 6) is -0.652. The summed E-state index contributed by atoms with van der Waals surface area (Å²) in [6, 6.07) is 10.2. The maximum Gasteiger partial charge on any atom is 0.306 e. The van der Waals surface area contributed by atoms with Gasteiger partial charge in [0, 0.05) is 58.3 Å². The Morgan fingerprint density at radius 1 is 1.17 bits per heavy atom. The Morgan fingerprint density at radius 2 is 1.93 bits per heavy atom. The Labute approximate surface area is 190 Å². The third-order valence-corrected chi connectivity index (χ3v) is 5.52. The van der Waals surface area contributed by atoms with Gasteiger partial charge in [-0.25, -0.2) is 4.39 Å². The zero-order valence-electron chi connectivity index (χ0n) is 16.6. The second kappa shape index (κ2) is 9.20. The van der Waals surface area contributed by atoms with E-state index in [2.05, 4.69) is 4.98 Å². The van der Waals surface area contributed by atoms with Crippen LogP contribution in [0, 0.1) is 11.7 Å². The van der Waals surface area contributed by atoms with Crippen molar-refractivity contribution in [2.45, 2.75) is 31.6 Å². The number of hydrogen-bond donors (Lipinski definition) is 1. The van der Waals surface area contributed by atoms with Gasteiger partial charge in [0.25, 0.3) is 0 Å². The second-order valence-electron chi connectivity index (χ2n) is 7.20. The van der Waals surface area contributed by atoms with Crippen LogP contribution >= 0.6 is 0 Å². The molecule has 1 N–H and O–H groups in total. The van der Waals surface area contributed by atoms with Gasteiger partial charge < -0.3 is 9.84 Å². The molecule has 4 rings (SSSR count). The molecule has 0 amide bonds. The number of hydrogen-bond acceptors (Lipinski definition) is 4. The Hall–Kier alpha value is -2.02. The summed E-state index contributed by atoms with van der Waals surface area (Å²) >= 11 is 0. The van der Waals surface area contributed by atoms with Gasteiger partial charge in [-0.05, 0) is 56.0 Å². The molecule has 0 bridgehead atoms. The summed E-state index contributed by atoms with van der Waals surface area (Å²) in [7, 11) is 1.55. The van der Waals surface area contributed by atoms with Gasteiger partial charge in [0.05, 0.1) is 18.5 Å². The van der Waals surface area contributed by atoms with Gasteiger partial charge in [-0.2, -0.15) is 0 Å². The third-order valence-electron chi connectivity index (χ3n) is 5.52. The smallest absolute Gasteiger partial charge is 0.306 e. The van der Waals surface area contributed by atoms with Crippen molar-refractivity contribution in [1.82, 2.24) is 9.97 Å². The maximum absolute atomic E-state index is 14.0. The molecule has 145 valence electrons. The molecule has 5 nitrogen and oxygen atoms in total. The Morgan fingerprint density at radius 3 is 2.62 bits per heavy atom. The Bertz CT molecular complexity index is 1040. The number of carboxylic acids is 1. The molecule has 0 unspecified atom stereocenters. The monoisotopic (exact) mass is 403 g/mol. The van der Waals surface area contributed by atoms with Crippen molar-refractivity contribution >= 4 is 46.4 Å². The molecule has 1 fully saturated rings. The van der Waals surface area contributed by atoms with Crippen molar-refractivity contribution in [2.75, 3.05) is 7.11 Å². The van der Waals surface area contributed by atoms with E-state index in [0.717, 1.165) is 23.9 Å². The van der Waals surface area contributed by atoms with Crippen molar-refractivity contribution < 1.29 is 19.0 Å². The summed E-state index contributed by atoms with van der Waals surface area (Å²) < 4.78 is 19.4. The standard InChI is InChI=1S/C22H21FN2O3.Na/c1-28-19-9-8-16(23)12-17(19)21-20-15(3-2-10-24-20)11-18(25-21)13-4-6-14(7-5-13)22(26)27;/h2-3,8-14H,4-7H2,1H3,(H,26,27);. The topological polar surface area (TPSA) is 72.3 Å². The van der Waals surface area contributed by atoms with Gasteiger partial charge in [0.2, 0.25) is 0 Å². The third kappa shape index (κ3) is 4.44. The number of rotatable bonds is 4. The fourth-order valence-electron chi connectivity index (χ4n) is 4.00. The number of benzene rings is 1. The molecule has 2 aromatic heterocycles. The molecule has 0 aliphatic heterocycles. The number of aliphatic carboxylic acids is 1. The molecule has 0 saturated heterocycles. The van der Waals surface area contributed by atoms with Crippen LogP contribution in [0.1, 0.15) is 37.3 Å². The van der Waals surface area contributed by atoms with Crippen LogP contribution in [0.3, 0.4) is 0 Å². The van der Waals surface area contributed by atoms with Gasteiger partial charge in [-0.1, -0.05) is 6.07 Å². The van der Waals surface area contributed by atoms with Crippen LogP contribution in [-0.4, -0.2) is 57.7 Å². The largest absolute Gasteiger partial charge is 0.496 e. The molecular formula is C22H21FN2NaO3. The van der Waals surface area contributed by atoms with E-state index in [4.69, 9.17) is 9.72 Å². The molecule has 29 heavy (non-hydrogen) atoms. The van der Waals surface area contributed by atoms with Crippen molar-refractivity contribution in [3.8, 4) is 17.0 Å². The number of carbonyl (C=O) groups is 1.